The molecule has 14 heavy (non-hydrogen) atoms. The highest BCUT2D eigenvalue weighted by Gasteiger charge is 2.32. The predicted octanol–water partition coefficient (Wildman–Crippen LogP) is 1.35. The first-order valence-corrected chi connectivity index (χ1v) is 5.64. The minimum absolute atomic E-state index is 0.692. The van der Waals surface area contributed by atoms with Crippen LogP contribution >= 0.6 is 0 Å². The molecule has 0 aromatic carbocycles. The molecule has 2 aliphatic carbocycles. The third-order valence-corrected chi connectivity index (χ3v) is 3.58. The molecule has 2 aliphatic rings. The molecule has 1 aromatic rings. The van der Waals surface area contributed by atoms with Gasteiger partial charge in [0.05, 0.1) is 5.69 Å². The van der Waals surface area contributed by atoms with Gasteiger partial charge in [0.1, 0.15) is 0 Å². The minimum Gasteiger partial charge on any atom is -0.330 e. The van der Waals surface area contributed by atoms with E-state index >= 15 is 0 Å². The zero-order valence-corrected chi connectivity index (χ0v) is 8.42. The van der Waals surface area contributed by atoms with Crippen LogP contribution in [-0.2, 0) is 12.8 Å². The van der Waals surface area contributed by atoms with Crippen molar-refractivity contribution >= 4 is 0 Å². The molecule has 1 unspecified atom stereocenters. The van der Waals surface area contributed by atoms with Crippen molar-refractivity contribution in [3.05, 3.63) is 17.0 Å². The minimum atomic E-state index is 0.692. The van der Waals surface area contributed by atoms with Gasteiger partial charge in [-0.3, -0.25) is 5.10 Å². The van der Waals surface area contributed by atoms with Gasteiger partial charge in [0, 0.05) is 11.6 Å². The van der Waals surface area contributed by atoms with Crippen LogP contribution in [0.3, 0.4) is 0 Å². The van der Waals surface area contributed by atoms with Crippen molar-refractivity contribution in [2.24, 2.45) is 11.7 Å². The lowest BCUT2D eigenvalue weighted by Crippen LogP contribution is -2.22. The van der Waals surface area contributed by atoms with Crippen LogP contribution in [-0.4, -0.2) is 16.7 Å². The molecule has 0 aliphatic heterocycles. The van der Waals surface area contributed by atoms with Crippen LogP contribution in [0.15, 0.2) is 0 Å². The molecule has 76 valence electrons. The van der Waals surface area contributed by atoms with E-state index in [9.17, 15) is 0 Å². The molecular formula is C11H17N3. The Hall–Kier alpha value is -0.830. The number of aryl methyl sites for hydroxylation is 1. The topological polar surface area (TPSA) is 54.7 Å². The molecule has 0 bridgehead atoms. The van der Waals surface area contributed by atoms with E-state index in [1.165, 1.54) is 36.2 Å². The summed E-state index contributed by atoms with van der Waals surface area (Å²) in [6.45, 7) is 0.828. The summed E-state index contributed by atoms with van der Waals surface area (Å²) >= 11 is 0. The van der Waals surface area contributed by atoms with E-state index in [0.29, 0.717) is 5.92 Å². The van der Waals surface area contributed by atoms with E-state index in [0.717, 1.165) is 25.3 Å². The summed E-state index contributed by atoms with van der Waals surface area (Å²) in [5, 5.41) is 7.66. The van der Waals surface area contributed by atoms with E-state index in [1.807, 2.05) is 0 Å². The zero-order valence-electron chi connectivity index (χ0n) is 8.42. The number of hydrogen-bond donors (Lipinski definition) is 2. The SMILES string of the molecule is NCC1CCc2[nH]nc(C3CC3)c2C1. The number of hydrogen-bond acceptors (Lipinski definition) is 2. The number of nitrogens with two attached hydrogens (primary N) is 1. The highest BCUT2D eigenvalue weighted by molar-refractivity contribution is 5.33. The number of aromatic amines is 1. The second-order valence-corrected chi connectivity index (χ2v) is 4.68. The molecule has 3 nitrogen and oxygen atoms in total. The van der Waals surface area contributed by atoms with Gasteiger partial charge in [0.2, 0.25) is 0 Å². The third kappa shape index (κ3) is 1.27. The number of rotatable bonds is 2. The Bertz CT molecular complexity index is 338. The van der Waals surface area contributed by atoms with Gasteiger partial charge in [-0.25, -0.2) is 0 Å². The Labute approximate surface area is 84.1 Å². The van der Waals surface area contributed by atoms with Crippen LogP contribution in [0.4, 0.5) is 0 Å². The fraction of sp³-hybridized carbons (Fsp3) is 0.727. The van der Waals surface area contributed by atoms with Crippen LogP contribution in [0.1, 0.15) is 42.1 Å². The largest absolute Gasteiger partial charge is 0.330 e. The summed E-state index contributed by atoms with van der Waals surface area (Å²) in [7, 11) is 0. The molecule has 1 aromatic heterocycles. The summed E-state index contributed by atoms with van der Waals surface area (Å²) in [5.41, 5.74) is 9.99. The lowest BCUT2D eigenvalue weighted by atomic mass is 9.86. The van der Waals surface area contributed by atoms with E-state index in [2.05, 4.69) is 10.2 Å². The number of nitrogens with zero attached hydrogens (tertiary/aromatic N) is 1. The molecule has 0 saturated heterocycles. The standard InChI is InChI=1S/C11H17N3/c12-6-7-1-4-10-9(5-7)11(14-13-10)8-2-3-8/h7-8H,1-6,12H2,(H,13,14). The zero-order chi connectivity index (χ0) is 9.54. The molecular weight excluding hydrogens is 174 g/mol. The molecule has 1 fully saturated rings. The fourth-order valence-electron chi connectivity index (χ4n) is 2.49. The Morgan fingerprint density at radius 1 is 1.36 bits per heavy atom. The molecule has 0 amide bonds. The molecule has 1 saturated carbocycles. The normalized spacial score (nSPS) is 26.2. The molecule has 1 heterocycles. The summed E-state index contributed by atoms with van der Waals surface area (Å²) < 4.78 is 0. The summed E-state index contributed by atoms with van der Waals surface area (Å²) in [5.74, 6) is 1.46. The van der Waals surface area contributed by atoms with Crippen LogP contribution in [0.2, 0.25) is 0 Å². The Morgan fingerprint density at radius 2 is 2.21 bits per heavy atom. The van der Waals surface area contributed by atoms with E-state index in [1.54, 1.807) is 0 Å². The number of H-pyrrole nitrogens is 1. The Kier molecular flexibility index (Phi) is 1.87. The first-order chi connectivity index (χ1) is 6.88. The van der Waals surface area contributed by atoms with Gasteiger partial charge < -0.3 is 5.73 Å². The highest BCUT2D eigenvalue weighted by atomic mass is 15.1. The van der Waals surface area contributed by atoms with Crippen LogP contribution in [0.5, 0.6) is 0 Å². The fourth-order valence-corrected chi connectivity index (χ4v) is 2.49. The van der Waals surface area contributed by atoms with Crippen molar-refractivity contribution in [3.8, 4) is 0 Å². The van der Waals surface area contributed by atoms with Gasteiger partial charge in [-0.15, -0.1) is 0 Å². The van der Waals surface area contributed by atoms with E-state index < -0.39 is 0 Å². The predicted molar refractivity (Wildman–Crippen MR) is 55.1 cm³/mol. The second kappa shape index (κ2) is 3.09. The van der Waals surface area contributed by atoms with Gasteiger partial charge >= 0.3 is 0 Å². The second-order valence-electron chi connectivity index (χ2n) is 4.68. The maximum absolute atomic E-state index is 5.74. The third-order valence-electron chi connectivity index (χ3n) is 3.58. The smallest absolute Gasteiger partial charge is 0.0687 e. The van der Waals surface area contributed by atoms with Gasteiger partial charge in [-0.05, 0) is 50.1 Å². The number of nitrogens with one attached hydrogen (secondary N) is 1. The van der Waals surface area contributed by atoms with E-state index in [4.69, 9.17) is 5.73 Å². The highest BCUT2D eigenvalue weighted by Crippen LogP contribution is 2.42. The summed E-state index contributed by atoms with van der Waals surface area (Å²) in [6.07, 6.45) is 6.22. The van der Waals surface area contributed by atoms with Gasteiger partial charge in [-0.1, -0.05) is 0 Å². The molecule has 3 rings (SSSR count). The molecule has 3 heteroatoms. The molecule has 0 spiro atoms. The molecule has 0 radical (unpaired) electrons. The monoisotopic (exact) mass is 191 g/mol. The lowest BCUT2D eigenvalue weighted by molar-refractivity contribution is 0.464. The quantitative estimate of drug-likeness (QED) is 0.741. The lowest BCUT2D eigenvalue weighted by Gasteiger charge is -2.20. The van der Waals surface area contributed by atoms with Crippen LogP contribution in [0, 0.1) is 5.92 Å². The van der Waals surface area contributed by atoms with Crippen molar-refractivity contribution in [2.45, 2.75) is 38.0 Å². The van der Waals surface area contributed by atoms with Gasteiger partial charge in [-0.2, -0.15) is 5.10 Å². The van der Waals surface area contributed by atoms with Crippen LogP contribution < -0.4 is 5.73 Å². The number of aromatic nitrogens is 2. The first-order valence-electron chi connectivity index (χ1n) is 5.64. The van der Waals surface area contributed by atoms with Gasteiger partial charge in [0.15, 0.2) is 0 Å². The number of fused-ring (bicyclic) bond motifs is 1. The summed E-state index contributed by atoms with van der Waals surface area (Å²) in [4.78, 5) is 0. The Morgan fingerprint density at radius 3 is 2.93 bits per heavy atom. The van der Waals surface area contributed by atoms with Crippen molar-refractivity contribution in [1.82, 2.24) is 10.2 Å². The van der Waals surface area contributed by atoms with Crippen LogP contribution in [0.25, 0.3) is 0 Å². The van der Waals surface area contributed by atoms with Gasteiger partial charge in [0.25, 0.3) is 0 Å². The summed E-state index contributed by atoms with van der Waals surface area (Å²) in [6, 6.07) is 0. The van der Waals surface area contributed by atoms with Crippen molar-refractivity contribution < 1.29 is 0 Å². The Balaban J connectivity index is 1.91. The average Bonchev–Trinajstić information content (AvgIpc) is 2.98. The van der Waals surface area contributed by atoms with E-state index in [-0.39, 0.29) is 0 Å². The van der Waals surface area contributed by atoms with Crippen molar-refractivity contribution in [3.63, 3.8) is 0 Å². The first kappa shape index (κ1) is 8.48. The maximum atomic E-state index is 5.74. The van der Waals surface area contributed by atoms with Crippen molar-refractivity contribution in [1.29, 1.82) is 0 Å². The molecule has 3 N–H and O–H groups in total. The maximum Gasteiger partial charge on any atom is 0.0687 e. The van der Waals surface area contributed by atoms with Crippen molar-refractivity contribution in [2.75, 3.05) is 6.54 Å². The average molecular weight is 191 g/mol. The molecule has 1 atom stereocenters.